The summed E-state index contributed by atoms with van der Waals surface area (Å²) in [6, 6.07) is 65.3. The van der Waals surface area contributed by atoms with E-state index < -0.39 is 0 Å². The molecule has 3 nitrogen and oxygen atoms in total. The van der Waals surface area contributed by atoms with E-state index in [1.54, 1.807) is 0 Å². The van der Waals surface area contributed by atoms with Crippen LogP contribution in [0.25, 0.3) is 82.8 Å². The Morgan fingerprint density at radius 2 is 1.03 bits per heavy atom. The quantitative estimate of drug-likeness (QED) is 0.129. The molecule has 0 amide bonds. The molecule has 2 aromatic heterocycles. The van der Waals surface area contributed by atoms with Gasteiger partial charge in [0.25, 0.3) is 0 Å². The maximum atomic E-state index is 6.66. The fraction of sp³-hybridized carbons (Fsp3) is 0.0345. The van der Waals surface area contributed by atoms with Crippen LogP contribution in [0.5, 0.6) is 0 Å². The summed E-state index contributed by atoms with van der Waals surface area (Å²) in [5.41, 5.74) is 17.5. The number of nitrogens with zero attached hydrogens (tertiary/aromatic N) is 2. The molecule has 10 aromatic rings. The Bertz CT molecular complexity index is 3300. The number of aromatic nitrogens is 1. The lowest BCUT2D eigenvalue weighted by molar-refractivity contribution is 0.669. The summed E-state index contributed by atoms with van der Waals surface area (Å²) in [5.74, 6) is 0. The third-order valence-corrected chi connectivity index (χ3v) is 11.8. The van der Waals surface area contributed by atoms with Crippen LogP contribution >= 0.6 is 0 Å². The topological polar surface area (TPSA) is 21.3 Å². The molecule has 2 heterocycles. The van der Waals surface area contributed by atoms with Crippen LogP contribution in [0.4, 0.5) is 17.1 Å². The van der Waals surface area contributed by atoms with Crippen molar-refractivity contribution in [2.45, 2.75) is 13.8 Å². The molecule has 0 unspecified atom stereocenters. The minimum Gasteiger partial charge on any atom is -0.454 e. The van der Waals surface area contributed by atoms with E-state index in [4.69, 9.17) is 4.42 Å². The van der Waals surface area contributed by atoms with E-state index in [1.807, 2.05) is 24.3 Å². The van der Waals surface area contributed by atoms with Crippen molar-refractivity contribution in [1.82, 2.24) is 4.57 Å². The predicted molar refractivity (Wildman–Crippen MR) is 261 cm³/mol. The summed E-state index contributed by atoms with van der Waals surface area (Å²) in [6.07, 6.45) is 7.82. The molecule has 0 atom stereocenters. The predicted octanol–water partition coefficient (Wildman–Crippen LogP) is 16.7. The van der Waals surface area contributed by atoms with Crippen LogP contribution in [-0.2, 0) is 0 Å². The maximum absolute atomic E-state index is 6.66. The molecule has 0 aliphatic heterocycles. The highest BCUT2D eigenvalue weighted by Crippen LogP contribution is 2.44. The van der Waals surface area contributed by atoms with E-state index in [1.165, 1.54) is 38.5 Å². The number of hydrogen-bond donors (Lipinski definition) is 0. The molecular weight excluding hydrogens is 741 g/mol. The minimum absolute atomic E-state index is 0.848. The summed E-state index contributed by atoms with van der Waals surface area (Å²) in [4.78, 5) is 2.31. The van der Waals surface area contributed by atoms with Crippen LogP contribution in [0.2, 0.25) is 0 Å². The van der Waals surface area contributed by atoms with Crippen LogP contribution in [-0.4, -0.2) is 4.57 Å². The van der Waals surface area contributed by atoms with Gasteiger partial charge in [-0.2, -0.15) is 0 Å². The Morgan fingerprint density at radius 3 is 1.70 bits per heavy atom. The van der Waals surface area contributed by atoms with Gasteiger partial charge in [-0.3, -0.25) is 0 Å². The summed E-state index contributed by atoms with van der Waals surface area (Å²) < 4.78 is 9.06. The smallest absolute Gasteiger partial charge is 0.159 e. The van der Waals surface area contributed by atoms with Gasteiger partial charge in [0.15, 0.2) is 5.58 Å². The van der Waals surface area contributed by atoms with Crippen molar-refractivity contribution >= 4 is 72.0 Å². The van der Waals surface area contributed by atoms with Crippen LogP contribution < -0.4 is 4.90 Å². The van der Waals surface area contributed by atoms with Crippen LogP contribution in [0.3, 0.4) is 0 Å². The van der Waals surface area contributed by atoms with Gasteiger partial charge in [-0.15, -0.1) is 0 Å². The number of allylic oxidation sites excluding steroid dienone is 6. The first-order valence-corrected chi connectivity index (χ1v) is 20.7. The lowest BCUT2D eigenvalue weighted by Gasteiger charge is -2.26. The summed E-state index contributed by atoms with van der Waals surface area (Å²) in [5, 5.41) is 4.68. The third-order valence-electron chi connectivity index (χ3n) is 11.8. The number of anilines is 3. The molecule has 10 rings (SSSR count). The standard InChI is InChI=1S/C58H44N2O/c1-5-16-39(3)46-37-32-43(38-52(46)40(4)17-6-2)41-28-33-44(34-29-41)59(56-26-15-22-51-50-21-10-14-27-57(50)61-58(51)56)45-35-30-42(31-36-45)47-18-7-11-23-53(47)60-54-24-12-8-19-48(54)49-20-9-13-25-55(49)60/h5-38H,1-2H2,3-4H3/b39-16+,40-17+. The first kappa shape index (κ1) is 37.4. The molecule has 0 saturated heterocycles. The highest BCUT2D eigenvalue weighted by Gasteiger charge is 2.21. The van der Waals surface area contributed by atoms with Crippen molar-refractivity contribution in [2.24, 2.45) is 0 Å². The molecule has 0 fully saturated rings. The third kappa shape index (κ3) is 6.57. The molecule has 0 saturated carbocycles. The summed E-state index contributed by atoms with van der Waals surface area (Å²) >= 11 is 0. The monoisotopic (exact) mass is 784 g/mol. The van der Waals surface area contributed by atoms with Gasteiger partial charge in [0.1, 0.15) is 5.58 Å². The second-order valence-electron chi connectivity index (χ2n) is 15.5. The van der Waals surface area contributed by atoms with Crippen LogP contribution in [0.15, 0.2) is 224 Å². The highest BCUT2D eigenvalue weighted by atomic mass is 16.3. The molecular formula is C58H44N2O. The van der Waals surface area contributed by atoms with Crippen molar-refractivity contribution in [1.29, 1.82) is 0 Å². The molecule has 0 spiro atoms. The molecule has 3 heteroatoms. The maximum Gasteiger partial charge on any atom is 0.159 e. The van der Waals surface area contributed by atoms with E-state index in [2.05, 4.69) is 218 Å². The Kier molecular flexibility index (Phi) is 9.63. The van der Waals surface area contributed by atoms with Crippen LogP contribution in [0.1, 0.15) is 25.0 Å². The van der Waals surface area contributed by atoms with Crippen LogP contribution in [0, 0.1) is 0 Å². The van der Waals surface area contributed by atoms with Crippen molar-refractivity contribution in [3.05, 3.63) is 231 Å². The fourth-order valence-electron chi connectivity index (χ4n) is 8.95. The van der Waals surface area contributed by atoms with E-state index >= 15 is 0 Å². The highest BCUT2D eigenvalue weighted by molar-refractivity contribution is 6.11. The van der Waals surface area contributed by atoms with E-state index in [0.717, 1.165) is 72.5 Å². The molecule has 0 bridgehead atoms. The van der Waals surface area contributed by atoms with Gasteiger partial charge >= 0.3 is 0 Å². The molecule has 0 N–H and O–H groups in total. The SMILES string of the molecule is C=C/C=C(\C)c1ccc(-c2ccc(N(c3ccc(-c4ccccc4-n4c5ccccc5c5ccccc54)cc3)c3cccc4c3oc3ccccc34)cc2)cc1/C(C)=C/C=C. The van der Waals surface area contributed by atoms with Gasteiger partial charge in [0.2, 0.25) is 0 Å². The zero-order valence-corrected chi connectivity index (χ0v) is 34.3. The number of furan rings is 1. The number of benzene rings is 8. The van der Waals surface area contributed by atoms with Crippen molar-refractivity contribution in [2.75, 3.05) is 4.90 Å². The summed E-state index contributed by atoms with van der Waals surface area (Å²) in [7, 11) is 0. The molecule has 0 aliphatic carbocycles. The lowest BCUT2D eigenvalue weighted by Crippen LogP contribution is -2.10. The van der Waals surface area contributed by atoms with Gasteiger partial charge in [-0.05, 0) is 113 Å². The van der Waals surface area contributed by atoms with Crippen molar-refractivity contribution < 1.29 is 4.42 Å². The Labute approximate surface area is 356 Å². The van der Waals surface area contributed by atoms with Crippen molar-refractivity contribution in [3.63, 3.8) is 0 Å². The molecule has 0 radical (unpaired) electrons. The Morgan fingerprint density at radius 1 is 0.492 bits per heavy atom. The van der Waals surface area contributed by atoms with E-state index in [9.17, 15) is 0 Å². The molecule has 61 heavy (non-hydrogen) atoms. The first-order chi connectivity index (χ1) is 30.0. The van der Waals surface area contributed by atoms with Gasteiger partial charge in [0, 0.05) is 38.5 Å². The Hall–Kier alpha value is -7.88. The average molecular weight is 785 g/mol. The second-order valence-corrected chi connectivity index (χ2v) is 15.5. The number of hydrogen-bond acceptors (Lipinski definition) is 2. The largest absolute Gasteiger partial charge is 0.454 e. The van der Waals surface area contributed by atoms with E-state index in [0.29, 0.717) is 0 Å². The van der Waals surface area contributed by atoms with E-state index in [-0.39, 0.29) is 0 Å². The lowest BCUT2D eigenvalue weighted by atomic mass is 9.91. The fourth-order valence-corrected chi connectivity index (χ4v) is 8.95. The van der Waals surface area contributed by atoms with Gasteiger partial charge in [0.05, 0.1) is 22.4 Å². The first-order valence-electron chi connectivity index (χ1n) is 20.7. The molecule has 8 aromatic carbocycles. The number of fused-ring (bicyclic) bond motifs is 6. The Balaban J connectivity index is 1.09. The van der Waals surface area contributed by atoms with Gasteiger partial charge in [-0.1, -0.05) is 159 Å². The zero-order valence-electron chi connectivity index (χ0n) is 34.3. The molecule has 0 aliphatic rings. The van der Waals surface area contributed by atoms with Crippen molar-refractivity contribution in [3.8, 4) is 27.9 Å². The zero-order chi connectivity index (χ0) is 41.5. The number of rotatable bonds is 10. The van der Waals surface area contributed by atoms with Gasteiger partial charge < -0.3 is 13.9 Å². The summed E-state index contributed by atoms with van der Waals surface area (Å²) in [6.45, 7) is 12.2. The van der Waals surface area contributed by atoms with Gasteiger partial charge in [-0.25, -0.2) is 0 Å². The minimum atomic E-state index is 0.848. The molecule has 292 valence electrons. The number of para-hydroxylation sites is 5. The normalized spacial score (nSPS) is 12.1. The second kappa shape index (κ2) is 15.7. The average Bonchev–Trinajstić information content (AvgIpc) is 3.86.